The highest BCUT2D eigenvalue weighted by atomic mass is 27.3. The van der Waals surface area contributed by atoms with Crippen LogP contribution < -0.4 is 10.6 Å². The van der Waals surface area contributed by atoms with Crippen LogP contribution in [0.25, 0.3) is 0 Å². The minimum atomic E-state index is -2.06. The first kappa shape index (κ1) is 19.3. The molecule has 0 rings (SSSR count). The second-order valence-electron chi connectivity index (χ2n) is 3.85. The fourth-order valence-corrected chi connectivity index (χ4v) is 2.56. The number of nitrogens with one attached hydrogen (secondary N) is 2. The van der Waals surface area contributed by atoms with E-state index < -0.39 is 15.1 Å². The maximum atomic E-state index is 8.61. The zero-order valence-electron chi connectivity index (χ0n) is 11.8. The molecule has 0 aliphatic rings. The van der Waals surface area contributed by atoms with Gasteiger partial charge in [-0.3, -0.25) is 0 Å². The molecule has 0 fully saturated rings. The van der Waals surface area contributed by atoms with Gasteiger partial charge in [0.2, 0.25) is 0 Å². The Hall–Kier alpha value is 0.252. The molecule has 0 amide bonds. The summed E-state index contributed by atoms with van der Waals surface area (Å²) in [6.07, 6.45) is 0.932. The van der Waals surface area contributed by atoms with Gasteiger partial charge in [0.15, 0.2) is 0 Å². The lowest BCUT2D eigenvalue weighted by Crippen LogP contribution is -2.34. The van der Waals surface area contributed by atoms with Crippen molar-refractivity contribution in [3.8, 4) is 0 Å². The molecule has 8 heteroatoms. The van der Waals surface area contributed by atoms with Crippen molar-refractivity contribution in [2.24, 2.45) is 0 Å². The van der Waals surface area contributed by atoms with Crippen molar-refractivity contribution in [2.75, 3.05) is 59.2 Å². The van der Waals surface area contributed by atoms with Gasteiger partial charge in [-0.25, -0.2) is 0 Å². The van der Waals surface area contributed by atoms with E-state index in [1.54, 1.807) is 0 Å². The number of hydrogen-bond donors (Lipinski definition) is 4. The van der Waals surface area contributed by atoms with E-state index in [0.717, 1.165) is 6.42 Å². The largest absolute Gasteiger partial charge is 0.905 e. The minimum Gasteiger partial charge on any atom is -0.454 e. The van der Waals surface area contributed by atoms with Crippen LogP contribution in [-0.2, 0) is 11.4 Å². The number of aliphatic hydroxyl groups excluding tert-OH is 2. The molecular weight excluding hydrogens is 267 g/mol. The number of rotatable bonds is 15. The average Bonchev–Trinajstić information content (AvgIpc) is 2.43. The summed E-state index contributed by atoms with van der Waals surface area (Å²) in [6.45, 7) is 6.45. The average molecular weight is 294 g/mol. The van der Waals surface area contributed by atoms with Crippen LogP contribution in [0.4, 0.5) is 0 Å². The van der Waals surface area contributed by atoms with Gasteiger partial charge in [0.1, 0.15) is 0 Å². The normalized spacial score (nSPS) is 10.9. The molecule has 0 unspecified atom stereocenters. The molecule has 0 atom stereocenters. The predicted octanol–water partition coefficient (Wildman–Crippen LogP) is -1.41. The van der Waals surface area contributed by atoms with Crippen molar-refractivity contribution in [3.63, 3.8) is 0 Å². The summed E-state index contributed by atoms with van der Waals surface area (Å²) in [7, 11) is 0. The standard InChI is InChI=1S/2C4H10NO2.C3H7O.Al/c2*6-3-1-5-2-4-7;1-2-3-4;/h2*5-6H,1-4H2;2-3H2,1H3;/q3*-1;+3. The Labute approximate surface area is 120 Å². The maximum Gasteiger partial charge on any atom is 0.905 e. The second-order valence-corrected chi connectivity index (χ2v) is 5.43. The summed E-state index contributed by atoms with van der Waals surface area (Å²) < 4.78 is 16.7. The van der Waals surface area contributed by atoms with Gasteiger partial charge in [-0.1, -0.05) is 6.92 Å². The molecule has 4 N–H and O–H groups in total. The second kappa shape index (κ2) is 16.3. The van der Waals surface area contributed by atoms with Gasteiger partial charge in [0.25, 0.3) is 0 Å². The first-order valence-electron chi connectivity index (χ1n) is 6.83. The lowest BCUT2D eigenvalue weighted by Gasteiger charge is -2.13. The van der Waals surface area contributed by atoms with Crippen LogP contribution in [-0.4, -0.2) is 84.6 Å². The van der Waals surface area contributed by atoms with Crippen molar-refractivity contribution in [1.29, 1.82) is 0 Å². The summed E-state index contributed by atoms with van der Waals surface area (Å²) in [5.74, 6) is 0. The first-order chi connectivity index (χ1) is 9.35. The fraction of sp³-hybridized carbons (Fsp3) is 1.00. The van der Waals surface area contributed by atoms with Gasteiger partial charge in [0, 0.05) is 46.0 Å². The summed E-state index contributed by atoms with van der Waals surface area (Å²) >= 11 is -2.06. The third-order valence-corrected chi connectivity index (χ3v) is 3.62. The van der Waals surface area contributed by atoms with Crippen LogP contribution >= 0.6 is 0 Å². The van der Waals surface area contributed by atoms with Crippen LogP contribution in [0, 0.1) is 0 Å². The van der Waals surface area contributed by atoms with Gasteiger partial charge in [-0.15, -0.1) is 0 Å². The summed E-state index contributed by atoms with van der Waals surface area (Å²) in [6, 6.07) is 0. The van der Waals surface area contributed by atoms with Crippen LogP contribution in [0.15, 0.2) is 0 Å². The lowest BCUT2D eigenvalue weighted by molar-refractivity contribution is 0.0939. The molecule has 0 bridgehead atoms. The Kier molecular flexibility index (Phi) is 16.5. The topological polar surface area (TPSA) is 92.2 Å². The molecule has 0 saturated carbocycles. The monoisotopic (exact) mass is 294 g/mol. The van der Waals surface area contributed by atoms with Crippen molar-refractivity contribution < 1.29 is 21.6 Å². The number of hydrogen-bond acceptors (Lipinski definition) is 7. The fourth-order valence-electron chi connectivity index (χ4n) is 1.22. The Morgan fingerprint density at radius 2 is 1.26 bits per heavy atom. The zero-order valence-corrected chi connectivity index (χ0v) is 12.9. The summed E-state index contributed by atoms with van der Waals surface area (Å²) in [4.78, 5) is 0. The minimum absolute atomic E-state index is 0.125. The SMILES string of the molecule is CCC[O][Al]([O]CCNCCO)[O]CCNCCO. The highest BCUT2D eigenvalue weighted by Crippen LogP contribution is 1.94. The molecule has 0 aliphatic carbocycles. The zero-order chi connectivity index (χ0) is 14.2. The van der Waals surface area contributed by atoms with Crippen molar-refractivity contribution in [2.45, 2.75) is 13.3 Å². The van der Waals surface area contributed by atoms with Crippen LogP contribution in [0.1, 0.15) is 13.3 Å². The van der Waals surface area contributed by atoms with Crippen LogP contribution in [0.2, 0.25) is 0 Å². The van der Waals surface area contributed by atoms with Gasteiger partial charge < -0.3 is 32.2 Å². The van der Waals surface area contributed by atoms with E-state index in [1.807, 2.05) is 6.92 Å². The predicted molar refractivity (Wildman–Crippen MR) is 73.8 cm³/mol. The third-order valence-electron chi connectivity index (χ3n) is 2.10. The molecule has 0 aromatic carbocycles. The first-order valence-corrected chi connectivity index (χ1v) is 8.24. The third kappa shape index (κ3) is 14.5. The van der Waals surface area contributed by atoms with Gasteiger partial charge >= 0.3 is 15.1 Å². The molecule has 114 valence electrons. The van der Waals surface area contributed by atoms with E-state index in [-0.39, 0.29) is 13.2 Å². The molecule has 7 nitrogen and oxygen atoms in total. The van der Waals surface area contributed by atoms with Crippen molar-refractivity contribution >= 4 is 15.1 Å². The van der Waals surface area contributed by atoms with E-state index in [4.69, 9.17) is 21.6 Å². The quantitative estimate of drug-likeness (QED) is 0.218. The number of aliphatic hydroxyl groups is 2. The molecule has 0 aliphatic heterocycles. The smallest absolute Gasteiger partial charge is 0.454 e. The molecular formula is C11H27AlN2O5. The van der Waals surface area contributed by atoms with E-state index in [0.29, 0.717) is 46.0 Å². The summed E-state index contributed by atoms with van der Waals surface area (Å²) in [5.41, 5.74) is 0. The van der Waals surface area contributed by atoms with E-state index in [9.17, 15) is 0 Å². The molecule has 0 aromatic rings. The van der Waals surface area contributed by atoms with Crippen LogP contribution in [0.5, 0.6) is 0 Å². The highest BCUT2D eigenvalue weighted by molar-refractivity contribution is 6.36. The maximum absolute atomic E-state index is 8.61. The Bertz CT molecular complexity index is 165. The van der Waals surface area contributed by atoms with E-state index >= 15 is 0 Å². The molecule has 0 radical (unpaired) electrons. The van der Waals surface area contributed by atoms with Gasteiger partial charge in [-0.05, 0) is 6.42 Å². The Morgan fingerprint density at radius 3 is 1.68 bits per heavy atom. The van der Waals surface area contributed by atoms with E-state index in [1.165, 1.54) is 0 Å². The Balaban J connectivity index is 3.57. The van der Waals surface area contributed by atoms with Gasteiger partial charge in [-0.2, -0.15) is 0 Å². The van der Waals surface area contributed by atoms with Crippen molar-refractivity contribution in [1.82, 2.24) is 10.6 Å². The molecule has 0 aromatic heterocycles. The van der Waals surface area contributed by atoms with E-state index in [2.05, 4.69) is 10.6 Å². The Morgan fingerprint density at radius 1 is 0.789 bits per heavy atom. The molecule has 0 heterocycles. The summed E-state index contributed by atoms with van der Waals surface area (Å²) in [5, 5.41) is 23.3. The van der Waals surface area contributed by atoms with Crippen LogP contribution in [0.3, 0.4) is 0 Å². The highest BCUT2D eigenvalue weighted by Gasteiger charge is 2.30. The lowest BCUT2D eigenvalue weighted by atomic mass is 10.5. The molecule has 0 saturated heterocycles. The van der Waals surface area contributed by atoms with Crippen molar-refractivity contribution in [3.05, 3.63) is 0 Å². The van der Waals surface area contributed by atoms with Gasteiger partial charge in [0.05, 0.1) is 13.2 Å². The molecule has 19 heavy (non-hydrogen) atoms. The molecule has 0 spiro atoms.